The molecule has 0 aliphatic heterocycles. The Kier molecular flexibility index (Phi) is 4.11. The van der Waals surface area contributed by atoms with E-state index in [9.17, 15) is 15.0 Å². The van der Waals surface area contributed by atoms with Gasteiger partial charge in [0, 0.05) is 6.54 Å². The fourth-order valence-corrected chi connectivity index (χ4v) is 3.05. The number of aliphatic hydroxyl groups excluding tert-OH is 1. The molecule has 2 aliphatic rings. The highest BCUT2D eigenvalue weighted by Crippen LogP contribution is 2.35. The number of carboxylic acid groups (broad SMARTS) is 1. The van der Waals surface area contributed by atoms with Crippen molar-refractivity contribution < 1.29 is 15.0 Å². The zero-order chi connectivity index (χ0) is 15.5. The van der Waals surface area contributed by atoms with Gasteiger partial charge in [-0.2, -0.15) is 0 Å². The van der Waals surface area contributed by atoms with Crippen LogP contribution in [0.5, 0.6) is 0 Å². The number of allylic oxidation sites excluding steroid dienone is 2. The lowest BCUT2D eigenvalue weighted by molar-refractivity contribution is 0.131. The molecule has 0 saturated carbocycles. The molecule has 1 aromatic carbocycles. The Balaban J connectivity index is 1.78. The van der Waals surface area contributed by atoms with E-state index in [2.05, 4.69) is 0 Å². The number of benzene rings is 1. The molecule has 1 amide bonds. The monoisotopic (exact) mass is 297 g/mol. The normalized spacial score (nSPS) is 19.9. The van der Waals surface area contributed by atoms with Crippen LogP contribution in [0.2, 0.25) is 0 Å². The molecule has 2 aliphatic carbocycles. The summed E-state index contributed by atoms with van der Waals surface area (Å²) in [6.45, 7) is 0.423. The van der Waals surface area contributed by atoms with Crippen LogP contribution in [0, 0.1) is 0 Å². The number of rotatable bonds is 4. The molecule has 0 fully saturated rings. The van der Waals surface area contributed by atoms with Crippen molar-refractivity contribution >= 4 is 6.09 Å². The van der Waals surface area contributed by atoms with Crippen LogP contribution >= 0.6 is 0 Å². The summed E-state index contributed by atoms with van der Waals surface area (Å²) in [6.07, 6.45) is 6.59. The molecule has 0 aromatic heterocycles. The van der Waals surface area contributed by atoms with Crippen LogP contribution in [-0.2, 0) is 6.54 Å². The third-order valence-corrected chi connectivity index (χ3v) is 4.20. The Hall–Kier alpha value is -2.33. The third-order valence-electron chi connectivity index (χ3n) is 4.20. The molecule has 0 bridgehead atoms. The summed E-state index contributed by atoms with van der Waals surface area (Å²) in [7, 11) is 0. The van der Waals surface area contributed by atoms with Crippen LogP contribution in [0.3, 0.4) is 0 Å². The van der Waals surface area contributed by atoms with Gasteiger partial charge in [0.05, 0.1) is 12.6 Å². The van der Waals surface area contributed by atoms with Gasteiger partial charge in [0.25, 0.3) is 0 Å². The Bertz CT molecular complexity index is 658. The first-order valence-electron chi connectivity index (χ1n) is 7.42. The minimum absolute atomic E-state index is 0.0358. The maximum Gasteiger partial charge on any atom is 0.408 e. The van der Waals surface area contributed by atoms with Crippen LogP contribution < -0.4 is 0 Å². The van der Waals surface area contributed by atoms with E-state index < -0.39 is 6.09 Å². The van der Waals surface area contributed by atoms with Crippen LogP contribution in [0.15, 0.2) is 65.3 Å². The van der Waals surface area contributed by atoms with Crippen LogP contribution in [0.4, 0.5) is 4.79 Å². The first kappa shape index (κ1) is 14.6. The van der Waals surface area contributed by atoms with Crippen LogP contribution in [0.25, 0.3) is 0 Å². The van der Waals surface area contributed by atoms with Gasteiger partial charge in [-0.05, 0) is 35.1 Å². The maximum absolute atomic E-state index is 11.6. The van der Waals surface area contributed by atoms with Crippen molar-refractivity contribution in [1.29, 1.82) is 0 Å². The molecule has 4 nitrogen and oxygen atoms in total. The van der Waals surface area contributed by atoms with Gasteiger partial charge in [-0.3, -0.25) is 4.90 Å². The molecule has 1 aromatic rings. The largest absolute Gasteiger partial charge is 0.465 e. The number of hydrogen-bond donors (Lipinski definition) is 2. The lowest BCUT2D eigenvalue weighted by atomic mass is 9.96. The molecule has 1 atom stereocenters. The van der Waals surface area contributed by atoms with Crippen molar-refractivity contribution in [2.24, 2.45) is 0 Å². The summed E-state index contributed by atoms with van der Waals surface area (Å²) < 4.78 is 0. The minimum Gasteiger partial charge on any atom is -0.465 e. The van der Waals surface area contributed by atoms with Gasteiger partial charge < -0.3 is 10.2 Å². The lowest BCUT2D eigenvalue weighted by Crippen LogP contribution is -2.36. The smallest absolute Gasteiger partial charge is 0.408 e. The summed E-state index contributed by atoms with van der Waals surface area (Å²) >= 11 is 0. The van der Waals surface area contributed by atoms with E-state index in [-0.39, 0.29) is 12.6 Å². The van der Waals surface area contributed by atoms with Crippen molar-refractivity contribution in [3.8, 4) is 0 Å². The van der Waals surface area contributed by atoms with Gasteiger partial charge >= 0.3 is 6.09 Å². The van der Waals surface area contributed by atoms with E-state index in [4.69, 9.17) is 0 Å². The van der Waals surface area contributed by atoms with Crippen LogP contribution in [0.1, 0.15) is 18.4 Å². The zero-order valence-electron chi connectivity index (χ0n) is 12.3. The number of aliphatic hydroxyl groups is 1. The summed E-state index contributed by atoms with van der Waals surface area (Å²) in [5, 5.41) is 18.8. The molecule has 0 heterocycles. The average molecular weight is 297 g/mol. The number of fused-ring (bicyclic) bond motifs is 1. The first-order valence-corrected chi connectivity index (χ1v) is 7.42. The SMILES string of the molecule is O=C(O)N(Cc1ccccc1)[C@H]1C=C2CC=C(CO)C=C2C1. The molecule has 0 saturated heterocycles. The molecular formula is C18H19NO3. The zero-order valence-corrected chi connectivity index (χ0v) is 12.3. The van der Waals surface area contributed by atoms with Gasteiger partial charge in [-0.25, -0.2) is 4.79 Å². The van der Waals surface area contributed by atoms with Crippen molar-refractivity contribution in [1.82, 2.24) is 4.90 Å². The van der Waals surface area contributed by atoms with E-state index in [1.54, 1.807) is 0 Å². The number of amides is 1. The van der Waals surface area contributed by atoms with E-state index in [1.807, 2.05) is 48.6 Å². The molecule has 0 spiro atoms. The average Bonchev–Trinajstić information content (AvgIpc) is 2.95. The quantitative estimate of drug-likeness (QED) is 0.897. The Morgan fingerprint density at radius 3 is 2.68 bits per heavy atom. The molecule has 0 unspecified atom stereocenters. The second-order valence-electron chi connectivity index (χ2n) is 5.67. The maximum atomic E-state index is 11.6. The minimum atomic E-state index is -0.903. The standard InChI is InChI=1S/C18H19NO3/c20-12-14-6-7-15-9-17(10-16(15)8-14)19(18(21)22)11-13-4-2-1-3-5-13/h1-6,8-9,17,20H,7,10-12H2,(H,21,22)/t17-/m0/s1. The predicted molar refractivity (Wildman–Crippen MR) is 84.4 cm³/mol. The summed E-state index contributed by atoms with van der Waals surface area (Å²) in [4.78, 5) is 13.1. The molecule has 0 radical (unpaired) electrons. The van der Waals surface area contributed by atoms with Crippen molar-refractivity contribution in [2.45, 2.75) is 25.4 Å². The summed E-state index contributed by atoms with van der Waals surface area (Å²) in [6, 6.07) is 9.51. The highest BCUT2D eigenvalue weighted by Gasteiger charge is 2.29. The second kappa shape index (κ2) is 6.20. The van der Waals surface area contributed by atoms with Gasteiger partial charge in [-0.1, -0.05) is 48.6 Å². The fraction of sp³-hybridized carbons (Fsp3) is 0.278. The Morgan fingerprint density at radius 2 is 2.00 bits per heavy atom. The number of nitrogens with zero attached hydrogens (tertiary/aromatic N) is 1. The fourth-order valence-electron chi connectivity index (χ4n) is 3.05. The highest BCUT2D eigenvalue weighted by atomic mass is 16.4. The summed E-state index contributed by atoms with van der Waals surface area (Å²) in [5.41, 5.74) is 4.23. The molecule has 3 rings (SSSR count). The van der Waals surface area contributed by atoms with Crippen molar-refractivity contribution in [3.05, 3.63) is 70.8 Å². The van der Waals surface area contributed by atoms with E-state index >= 15 is 0 Å². The van der Waals surface area contributed by atoms with Crippen LogP contribution in [-0.4, -0.2) is 33.9 Å². The highest BCUT2D eigenvalue weighted by molar-refractivity contribution is 5.67. The van der Waals surface area contributed by atoms with E-state index in [1.165, 1.54) is 10.5 Å². The lowest BCUT2D eigenvalue weighted by Gasteiger charge is -2.25. The third kappa shape index (κ3) is 2.97. The predicted octanol–water partition coefficient (Wildman–Crippen LogP) is 3.11. The molecule has 114 valence electrons. The number of hydrogen-bond acceptors (Lipinski definition) is 2. The first-order chi connectivity index (χ1) is 10.7. The second-order valence-corrected chi connectivity index (χ2v) is 5.67. The van der Waals surface area contributed by atoms with E-state index in [0.717, 1.165) is 23.1 Å². The Morgan fingerprint density at radius 1 is 1.23 bits per heavy atom. The summed E-state index contributed by atoms with van der Waals surface area (Å²) in [5.74, 6) is 0. The van der Waals surface area contributed by atoms with Gasteiger partial charge in [0.15, 0.2) is 0 Å². The topological polar surface area (TPSA) is 60.8 Å². The van der Waals surface area contributed by atoms with Crippen molar-refractivity contribution in [3.63, 3.8) is 0 Å². The molecule has 4 heteroatoms. The van der Waals surface area contributed by atoms with E-state index in [0.29, 0.717) is 13.0 Å². The number of carbonyl (C=O) groups is 1. The van der Waals surface area contributed by atoms with Gasteiger partial charge in [0.1, 0.15) is 0 Å². The van der Waals surface area contributed by atoms with Gasteiger partial charge in [0.2, 0.25) is 0 Å². The Labute approximate surface area is 129 Å². The molecule has 2 N–H and O–H groups in total. The van der Waals surface area contributed by atoms with Crippen molar-refractivity contribution in [2.75, 3.05) is 6.61 Å². The molecular weight excluding hydrogens is 278 g/mol. The molecule has 22 heavy (non-hydrogen) atoms. The van der Waals surface area contributed by atoms with Gasteiger partial charge in [-0.15, -0.1) is 0 Å².